The summed E-state index contributed by atoms with van der Waals surface area (Å²) in [5, 5.41) is 2.98. The highest BCUT2D eigenvalue weighted by atomic mass is 127. The van der Waals surface area contributed by atoms with Crippen LogP contribution in [0.2, 0.25) is 0 Å². The van der Waals surface area contributed by atoms with Gasteiger partial charge in [0.25, 0.3) is 0 Å². The minimum absolute atomic E-state index is 0.321. The van der Waals surface area contributed by atoms with Crippen LogP contribution < -0.4 is 5.32 Å². The average molecular weight is 279 g/mol. The number of halogens is 1. The second kappa shape index (κ2) is 3.52. The molecule has 2 unspecified atom stereocenters. The van der Waals surface area contributed by atoms with Crippen molar-refractivity contribution in [3.63, 3.8) is 0 Å². The molecule has 0 aromatic carbocycles. The van der Waals surface area contributed by atoms with Crippen LogP contribution >= 0.6 is 22.6 Å². The lowest BCUT2D eigenvalue weighted by atomic mass is 10.1. The van der Waals surface area contributed by atoms with Crippen LogP contribution in [0.4, 0.5) is 0 Å². The number of fused-ring (bicyclic) bond motifs is 1. The molecule has 3 heteroatoms. The quantitative estimate of drug-likeness (QED) is 0.617. The van der Waals surface area contributed by atoms with Crippen molar-refractivity contribution in [2.24, 2.45) is 17.8 Å². The third-order valence-electron chi connectivity index (χ3n) is 3.10. The Balaban J connectivity index is 1.76. The van der Waals surface area contributed by atoms with E-state index in [4.69, 9.17) is 0 Å². The third kappa shape index (κ3) is 1.47. The van der Waals surface area contributed by atoms with Crippen molar-refractivity contribution in [1.82, 2.24) is 5.32 Å². The van der Waals surface area contributed by atoms with Gasteiger partial charge >= 0.3 is 0 Å². The number of amides is 1. The molecule has 12 heavy (non-hydrogen) atoms. The molecule has 2 rings (SSSR count). The van der Waals surface area contributed by atoms with E-state index in [1.165, 1.54) is 19.3 Å². The third-order valence-corrected chi connectivity index (χ3v) is 3.64. The smallest absolute Gasteiger partial charge is 0.223 e. The fourth-order valence-electron chi connectivity index (χ4n) is 2.50. The molecule has 0 heterocycles. The molecule has 0 aromatic rings. The Hall–Kier alpha value is 0.200. The van der Waals surface area contributed by atoms with E-state index in [9.17, 15) is 4.79 Å². The van der Waals surface area contributed by atoms with Crippen LogP contribution in [-0.2, 0) is 4.79 Å². The lowest BCUT2D eigenvalue weighted by Crippen LogP contribution is -2.28. The standard InChI is InChI=1S/C9H14INO/c10-4-5-11-9(12)8-6-2-1-3-7(6)8/h6-8H,1-5H2,(H,11,12). The summed E-state index contributed by atoms with van der Waals surface area (Å²) in [6.45, 7) is 0.843. The fourth-order valence-corrected chi connectivity index (χ4v) is 2.77. The normalized spacial score (nSPS) is 37.6. The lowest BCUT2D eigenvalue weighted by molar-refractivity contribution is -0.122. The Morgan fingerprint density at radius 1 is 1.42 bits per heavy atom. The first-order valence-electron chi connectivity index (χ1n) is 4.68. The van der Waals surface area contributed by atoms with Crippen LogP contribution in [0, 0.1) is 17.8 Å². The Bertz CT molecular complexity index is 185. The molecule has 0 saturated heterocycles. The van der Waals surface area contributed by atoms with Crippen LogP contribution in [0.1, 0.15) is 19.3 Å². The zero-order valence-corrected chi connectivity index (χ0v) is 9.21. The summed E-state index contributed by atoms with van der Waals surface area (Å²) in [6.07, 6.45) is 3.95. The summed E-state index contributed by atoms with van der Waals surface area (Å²) >= 11 is 2.28. The molecule has 0 aromatic heterocycles. The summed E-state index contributed by atoms with van der Waals surface area (Å²) < 4.78 is 1.02. The SMILES string of the molecule is O=C(NCCI)C1C2CCCC21. The van der Waals surface area contributed by atoms with Crippen molar-refractivity contribution in [3.05, 3.63) is 0 Å². The molecule has 1 N–H and O–H groups in total. The molecular weight excluding hydrogens is 265 g/mol. The number of carbonyl (C=O) groups is 1. The minimum atomic E-state index is 0.321. The molecule has 2 aliphatic rings. The van der Waals surface area contributed by atoms with Gasteiger partial charge in [0, 0.05) is 16.9 Å². The van der Waals surface area contributed by atoms with Gasteiger partial charge in [-0.25, -0.2) is 0 Å². The largest absolute Gasteiger partial charge is 0.355 e. The van der Waals surface area contributed by atoms with Gasteiger partial charge < -0.3 is 5.32 Å². The molecule has 2 fully saturated rings. The first-order chi connectivity index (χ1) is 5.84. The molecule has 2 aliphatic carbocycles. The van der Waals surface area contributed by atoms with E-state index >= 15 is 0 Å². The molecule has 68 valence electrons. The monoisotopic (exact) mass is 279 g/mol. The van der Waals surface area contributed by atoms with E-state index in [0.29, 0.717) is 11.8 Å². The van der Waals surface area contributed by atoms with Crippen LogP contribution in [0.25, 0.3) is 0 Å². The molecule has 1 amide bonds. The van der Waals surface area contributed by atoms with Crippen LogP contribution in [0.5, 0.6) is 0 Å². The number of rotatable bonds is 3. The van der Waals surface area contributed by atoms with E-state index in [1.807, 2.05) is 0 Å². The Kier molecular flexibility index (Phi) is 2.57. The predicted octanol–water partition coefficient (Wildman–Crippen LogP) is 1.58. The van der Waals surface area contributed by atoms with E-state index in [-0.39, 0.29) is 0 Å². The van der Waals surface area contributed by atoms with Crippen LogP contribution in [-0.4, -0.2) is 16.9 Å². The van der Waals surface area contributed by atoms with Gasteiger partial charge in [-0.1, -0.05) is 29.0 Å². The molecule has 0 spiro atoms. The number of alkyl halides is 1. The number of hydrogen-bond donors (Lipinski definition) is 1. The summed E-state index contributed by atoms with van der Waals surface area (Å²) in [5.41, 5.74) is 0. The van der Waals surface area contributed by atoms with Gasteiger partial charge in [0.2, 0.25) is 5.91 Å². The van der Waals surface area contributed by atoms with Crippen LogP contribution in [0.3, 0.4) is 0 Å². The van der Waals surface area contributed by atoms with Crippen molar-refractivity contribution in [3.8, 4) is 0 Å². The van der Waals surface area contributed by atoms with Crippen molar-refractivity contribution >= 4 is 28.5 Å². The van der Waals surface area contributed by atoms with E-state index in [1.54, 1.807) is 0 Å². The van der Waals surface area contributed by atoms with E-state index in [2.05, 4.69) is 27.9 Å². The summed E-state index contributed by atoms with van der Waals surface area (Å²) in [7, 11) is 0. The first kappa shape index (κ1) is 8.78. The van der Waals surface area contributed by atoms with Crippen molar-refractivity contribution in [2.75, 3.05) is 11.0 Å². The van der Waals surface area contributed by atoms with Gasteiger partial charge in [-0.2, -0.15) is 0 Å². The maximum Gasteiger partial charge on any atom is 0.223 e. The topological polar surface area (TPSA) is 29.1 Å². The van der Waals surface area contributed by atoms with Gasteiger partial charge in [0.05, 0.1) is 0 Å². The molecule has 0 aliphatic heterocycles. The Morgan fingerprint density at radius 3 is 2.67 bits per heavy atom. The number of nitrogens with one attached hydrogen (secondary N) is 1. The maximum absolute atomic E-state index is 11.5. The maximum atomic E-state index is 11.5. The highest BCUT2D eigenvalue weighted by Gasteiger charge is 2.56. The zero-order chi connectivity index (χ0) is 8.55. The second-order valence-corrected chi connectivity index (χ2v) is 4.84. The second-order valence-electron chi connectivity index (χ2n) is 3.76. The van der Waals surface area contributed by atoms with Crippen molar-refractivity contribution < 1.29 is 4.79 Å². The Morgan fingerprint density at radius 2 is 2.08 bits per heavy atom. The summed E-state index contributed by atoms with van der Waals surface area (Å²) in [6, 6.07) is 0. The number of hydrogen-bond acceptors (Lipinski definition) is 1. The zero-order valence-electron chi connectivity index (χ0n) is 7.05. The highest BCUT2D eigenvalue weighted by molar-refractivity contribution is 14.1. The van der Waals surface area contributed by atoms with E-state index < -0.39 is 0 Å². The minimum Gasteiger partial charge on any atom is -0.355 e. The van der Waals surface area contributed by atoms with Gasteiger partial charge in [-0.3, -0.25) is 4.79 Å². The van der Waals surface area contributed by atoms with E-state index in [0.717, 1.165) is 22.8 Å². The Labute approximate surface area is 86.6 Å². The van der Waals surface area contributed by atoms with Crippen LogP contribution in [0.15, 0.2) is 0 Å². The predicted molar refractivity (Wildman–Crippen MR) is 56.2 cm³/mol. The van der Waals surface area contributed by atoms with Crippen molar-refractivity contribution in [1.29, 1.82) is 0 Å². The molecular formula is C9H14INO. The van der Waals surface area contributed by atoms with Gasteiger partial charge in [-0.15, -0.1) is 0 Å². The molecule has 0 radical (unpaired) electrons. The summed E-state index contributed by atoms with van der Waals surface area (Å²) in [5.74, 6) is 2.25. The first-order valence-corrected chi connectivity index (χ1v) is 6.21. The molecule has 2 saturated carbocycles. The average Bonchev–Trinajstić information content (AvgIpc) is 2.56. The lowest BCUT2D eigenvalue weighted by Gasteiger charge is -2.03. The summed E-state index contributed by atoms with van der Waals surface area (Å²) in [4.78, 5) is 11.5. The van der Waals surface area contributed by atoms with Gasteiger partial charge in [0.1, 0.15) is 0 Å². The van der Waals surface area contributed by atoms with Gasteiger partial charge in [0.15, 0.2) is 0 Å². The number of carbonyl (C=O) groups excluding carboxylic acids is 1. The van der Waals surface area contributed by atoms with Crippen molar-refractivity contribution in [2.45, 2.75) is 19.3 Å². The van der Waals surface area contributed by atoms with Gasteiger partial charge in [-0.05, 0) is 24.7 Å². The molecule has 2 atom stereocenters. The molecule has 2 nitrogen and oxygen atoms in total. The highest BCUT2D eigenvalue weighted by Crippen LogP contribution is 2.57. The fraction of sp³-hybridized carbons (Fsp3) is 0.889. The molecule has 0 bridgehead atoms.